The van der Waals surface area contributed by atoms with Gasteiger partial charge in [0.25, 0.3) is 0 Å². The molecule has 0 bridgehead atoms. The van der Waals surface area contributed by atoms with Gasteiger partial charge in [-0.25, -0.2) is 0 Å². The van der Waals surface area contributed by atoms with Gasteiger partial charge in [-0.15, -0.1) is 0 Å². The highest BCUT2D eigenvalue weighted by atomic mass is 15.3. The molecular weight excluding hydrogens is 114 g/mol. The van der Waals surface area contributed by atoms with Crippen LogP contribution >= 0.6 is 0 Å². The first-order valence-electron chi connectivity index (χ1n) is 2.87. The van der Waals surface area contributed by atoms with Gasteiger partial charge in [0.05, 0.1) is 13.2 Å². The predicted octanol–water partition coefficient (Wildman–Crippen LogP) is 0.983. The molecule has 3 heteroatoms. The number of nitrogens with zero attached hydrogens (tertiary/aromatic N) is 2. The van der Waals surface area contributed by atoms with Crippen molar-refractivity contribution in [2.45, 2.75) is 13.5 Å². The summed E-state index contributed by atoms with van der Waals surface area (Å²) in [4.78, 5) is 0. The Labute approximate surface area is 54.7 Å². The molecule has 1 aromatic heterocycles. The zero-order valence-electron chi connectivity index (χ0n) is 5.33. The quantitative estimate of drug-likeness (QED) is 0.594. The molecule has 1 aromatic rings. The van der Waals surface area contributed by atoms with E-state index in [0.29, 0.717) is 0 Å². The first-order chi connectivity index (χ1) is 4.38. The van der Waals surface area contributed by atoms with E-state index in [-0.39, 0.29) is 0 Å². The molecule has 0 aliphatic carbocycles. The van der Waals surface area contributed by atoms with Crippen molar-refractivity contribution in [3.8, 4) is 0 Å². The van der Waals surface area contributed by atoms with Gasteiger partial charge in [-0.05, 0) is 6.92 Å². The number of rotatable bonds is 2. The average Bonchev–Trinajstić information content (AvgIpc) is 2.33. The Morgan fingerprint density at radius 1 is 1.89 bits per heavy atom. The summed E-state index contributed by atoms with van der Waals surface area (Å²) < 4.78 is 1.78. The fraction of sp³-hybridized carbons (Fsp3) is 0.333. The van der Waals surface area contributed by atoms with Crippen LogP contribution in [-0.2, 0) is 6.54 Å². The molecule has 0 saturated heterocycles. The van der Waals surface area contributed by atoms with E-state index in [1.54, 1.807) is 10.9 Å². The van der Waals surface area contributed by atoms with E-state index in [1.165, 1.54) is 0 Å². The summed E-state index contributed by atoms with van der Waals surface area (Å²) in [6.45, 7) is 2.85. The number of anilines is 1. The number of aromatic nitrogens is 2. The zero-order chi connectivity index (χ0) is 6.69. The van der Waals surface area contributed by atoms with Gasteiger partial charge in [-0.3, -0.25) is 4.68 Å². The molecule has 0 amide bonds. The zero-order valence-corrected chi connectivity index (χ0v) is 5.33. The van der Waals surface area contributed by atoms with E-state index < -0.39 is 0 Å². The van der Waals surface area contributed by atoms with Crippen LogP contribution in [0.15, 0.2) is 12.3 Å². The van der Waals surface area contributed by atoms with Crippen molar-refractivity contribution in [2.75, 3.05) is 5.32 Å². The van der Waals surface area contributed by atoms with Gasteiger partial charge in [0.1, 0.15) is 5.82 Å². The summed E-state index contributed by atoms with van der Waals surface area (Å²) >= 11 is 0. The highest BCUT2D eigenvalue weighted by Gasteiger charge is 1.93. The summed E-state index contributed by atoms with van der Waals surface area (Å²) in [6.07, 6.45) is 1.71. The van der Waals surface area contributed by atoms with E-state index in [9.17, 15) is 0 Å². The second-order valence-electron chi connectivity index (χ2n) is 1.68. The van der Waals surface area contributed by atoms with E-state index in [2.05, 4.69) is 10.4 Å². The van der Waals surface area contributed by atoms with Crippen molar-refractivity contribution in [1.82, 2.24) is 9.78 Å². The van der Waals surface area contributed by atoms with Crippen LogP contribution in [0.1, 0.15) is 6.92 Å². The molecule has 0 fully saturated rings. The van der Waals surface area contributed by atoms with E-state index in [1.807, 2.05) is 13.0 Å². The summed E-state index contributed by atoms with van der Waals surface area (Å²) in [5.74, 6) is 0.845. The Morgan fingerprint density at radius 3 is 3.11 bits per heavy atom. The summed E-state index contributed by atoms with van der Waals surface area (Å²) in [5.41, 5.74) is 0. The standard InChI is InChI=1S/C6H9N3/c1-3-9-6(7-2)4-5-8-9/h2,4-5,7H,3H2,1H3. The molecule has 48 valence electrons. The molecule has 1 heterocycles. The third kappa shape index (κ3) is 1.04. The van der Waals surface area contributed by atoms with Crippen molar-refractivity contribution < 1.29 is 0 Å². The lowest BCUT2D eigenvalue weighted by Gasteiger charge is -2.00. The maximum atomic E-state index is 5.16. The minimum atomic E-state index is 0.840. The van der Waals surface area contributed by atoms with Gasteiger partial charge in [0.15, 0.2) is 0 Å². The topological polar surface area (TPSA) is 29.9 Å². The molecule has 0 aromatic carbocycles. The smallest absolute Gasteiger partial charge is 0.124 e. The molecule has 1 N–H and O–H groups in total. The lowest BCUT2D eigenvalue weighted by atomic mass is 10.6. The third-order valence-electron chi connectivity index (χ3n) is 1.16. The van der Waals surface area contributed by atoms with Crippen molar-refractivity contribution in [3.63, 3.8) is 0 Å². The van der Waals surface area contributed by atoms with Crippen LogP contribution in [0, 0.1) is 7.05 Å². The Balaban J connectivity index is 2.85. The van der Waals surface area contributed by atoms with Crippen molar-refractivity contribution in [3.05, 3.63) is 19.3 Å². The van der Waals surface area contributed by atoms with Gasteiger partial charge in [-0.1, -0.05) is 0 Å². The highest BCUT2D eigenvalue weighted by molar-refractivity contribution is 5.33. The van der Waals surface area contributed by atoms with Crippen LogP contribution in [0.3, 0.4) is 0 Å². The Hall–Kier alpha value is -0.990. The maximum Gasteiger partial charge on any atom is 0.124 e. The van der Waals surface area contributed by atoms with Gasteiger partial charge in [-0.2, -0.15) is 5.10 Å². The van der Waals surface area contributed by atoms with Crippen LogP contribution in [0.2, 0.25) is 0 Å². The van der Waals surface area contributed by atoms with E-state index in [4.69, 9.17) is 7.05 Å². The van der Waals surface area contributed by atoms with E-state index >= 15 is 0 Å². The monoisotopic (exact) mass is 123 g/mol. The fourth-order valence-electron chi connectivity index (χ4n) is 0.707. The molecule has 0 aliphatic rings. The molecule has 3 nitrogen and oxygen atoms in total. The van der Waals surface area contributed by atoms with Gasteiger partial charge >= 0.3 is 0 Å². The Kier molecular flexibility index (Phi) is 1.72. The van der Waals surface area contributed by atoms with Crippen LogP contribution in [-0.4, -0.2) is 9.78 Å². The second-order valence-corrected chi connectivity index (χ2v) is 1.68. The van der Waals surface area contributed by atoms with Gasteiger partial charge < -0.3 is 5.32 Å². The third-order valence-corrected chi connectivity index (χ3v) is 1.16. The van der Waals surface area contributed by atoms with Crippen LogP contribution in [0.4, 0.5) is 5.82 Å². The summed E-state index contributed by atoms with van der Waals surface area (Å²) in [5, 5.41) is 6.51. The van der Waals surface area contributed by atoms with Crippen molar-refractivity contribution in [1.29, 1.82) is 0 Å². The minimum Gasteiger partial charge on any atom is -0.363 e. The first-order valence-corrected chi connectivity index (χ1v) is 2.87. The lowest BCUT2D eigenvalue weighted by molar-refractivity contribution is 0.668. The Morgan fingerprint density at radius 2 is 2.67 bits per heavy atom. The maximum absolute atomic E-state index is 5.16. The molecule has 0 aliphatic heterocycles. The van der Waals surface area contributed by atoms with E-state index in [0.717, 1.165) is 12.4 Å². The summed E-state index contributed by atoms with van der Waals surface area (Å²) in [6, 6.07) is 1.82. The highest BCUT2D eigenvalue weighted by Crippen LogP contribution is 2.03. The normalized spacial score (nSPS) is 9.56. The molecule has 9 heavy (non-hydrogen) atoms. The SMILES string of the molecule is [CH]Nc1ccnn1CC. The number of hydrogen-bond donors (Lipinski definition) is 1. The Bertz CT molecular complexity index is 162. The number of aryl methyl sites for hydroxylation is 1. The van der Waals surface area contributed by atoms with Gasteiger partial charge in [0, 0.05) is 12.6 Å². The number of hydrogen-bond acceptors (Lipinski definition) is 2. The molecule has 0 unspecified atom stereocenters. The van der Waals surface area contributed by atoms with Crippen LogP contribution in [0.5, 0.6) is 0 Å². The molecule has 0 atom stereocenters. The van der Waals surface area contributed by atoms with Gasteiger partial charge in [0.2, 0.25) is 0 Å². The van der Waals surface area contributed by atoms with Crippen molar-refractivity contribution >= 4 is 5.82 Å². The van der Waals surface area contributed by atoms with Crippen molar-refractivity contribution in [2.24, 2.45) is 0 Å². The fourth-order valence-corrected chi connectivity index (χ4v) is 0.707. The lowest BCUT2D eigenvalue weighted by Crippen LogP contribution is -2.00. The molecule has 0 saturated carbocycles. The second kappa shape index (κ2) is 2.53. The molecular formula is C6H9N3. The average molecular weight is 123 g/mol. The largest absolute Gasteiger partial charge is 0.363 e. The first kappa shape index (κ1) is 6.13. The number of nitrogens with one attached hydrogen (secondary N) is 1. The molecule has 0 spiro atoms. The van der Waals surface area contributed by atoms with Crippen LogP contribution in [0.25, 0.3) is 0 Å². The molecule has 1 rings (SSSR count). The summed E-state index contributed by atoms with van der Waals surface area (Å²) in [7, 11) is 5.16. The predicted molar refractivity (Wildman–Crippen MR) is 35.8 cm³/mol. The van der Waals surface area contributed by atoms with Crippen LogP contribution < -0.4 is 5.32 Å². The minimum absolute atomic E-state index is 0.840. The molecule has 2 radical (unpaired) electrons.